The van der Waals surface area contributed by atoms with E-state index >= 15 is 0 Å². The minimum atomic E-state index is -0.0993. The minimum Gasteiger partial charge on any atom is -0.465 e. The molecule has 0 spiro atoms. The number of allylic oxidation sites excluding steroid dienone is 7. The molecule has 3 aliphatic rings. The number of hydrazine groups is 1. The summed E-state index contributed by atoms with van der Waals surface area (Å²) < 4.78 is 5.62. The van der Waals surface area contributed by atoms with Crippen molar-refractivity contribution in [1.82, 2.24) is 16.2 Å². The Morgan fingerprint density at radius 2 is 2.06 bits per heavy atom. The lowest BCUT2D eigenvalue weighted by Crippen LogP contribution is -2.43. The van der Waals surface area contributed by atoms with Gasteiger partial charge in [-0.3, -0.25) is 4.79 Å². The second kappa shape index (κ2) is 13.6. The highest BCUT2D eigenvalue weighted by molar-refractivity contribution is 5.72. The molecule has 192 valence electrons. The van der Waals surface area contributed by atoms with Gasteiger partial charge in [0.1, 0.15) is 0 Å². The Balaban J connectivity index is 1.59. The lowest BCUT2D eigenvalue weighted by atomic mass is 9.83. The second-order valence-electron chi connectivity index (χ2n) is 10.1. The lowest BCUT2D eigenvalue weighted by molar-refractivity contribution is -0.149. The van der Waals surface area contributed by atoms with E-state index in [0.717, 1.165) is 50.6 Å². The van der Waals surface area contributed by atoms with Gasteiger partial charge in [0.2, 0.25) is 0 Å². The molecular weight excluding hydrogens is 434 g/mol. The Bertz CT molecular complexity index is 895. The number of nitrogens with one attached hydrogen (secondary N) is 3. The van der Waals surface area contributed by atoms with Crippen LogP contribution in [0.2, 0.25) is 0 Å². The standard InChI is InChI=1S/C30H45N3O2/c1-6-21(3)11-10-18-35-30(34)24(7-2)19-26-14-9-13-25(17-16-22(26)4)27-20-31-33-29(27)28-15-8-12-23(5)32-28/h6,8-9,12,14,16-17,23-26,28,31-33H,4,7,10-11,13,15,18-20H2,1-3,5H3/b14-9+,17-16-,21-6+. The summed E-state index contributed by atoms with van der Waals surface area (Å²) in [5.41, 5.74) is 11.9. The number of rotatable bonds is 10. The van der Waals surface area contributed by atoms with Gasteiger partial charge in [0, 0.05) is 30.1 Å². The molecule has 0 aromatic heterocycles. The lowest BCUT2D eigenvalue weighted by Gasteiger charge is -2.28. The summed E-state index contributed by atoms with van der Waals surface area (Å²) in [5, 5.41) is 3.68. The van der Waals surface area contributed by atoms with E-state index < -0.39 is 0 Å². The number of hydrogen-bond donors (Lipinski definition) is 3. The number of ether oxygens (including phenoxy) is 1. The van der Waals surface area contributed by atoms with E-state index in [2.05, 4.69) is 86.1 Å². The van der Waals surface area contributed by atoms with Crippen molar-refractivity contribution in [1.29, 1.82) is 0 Å². The van der Waals surface area contributed by atoms with Crippen LogP contribution in [0.15, 0.2) is 71.5 Å². The van der Waals surface area contributed by atoms with E-state index in [0.29, 0.717) is 24.6 Å². The fourth-order valence-corrected chi connectivity index (χ4v) is 5.08. The van der Waals surface area contributed by atoms with Crippen LogP contribution in [0.25, 0.3) is 0 Å². The molecule has 0 saturated heterocycles. The molecular formula is C30H45N3O2. The monoisotopic (exact) mass is 479 g/mol. The van der Waals surface area contributed by atoms with Gasteiger partial charge in [0.25, 0.3) is 0 Å². The molecule has 5 atom stereocenters. The third-order valence-corrected chi connectivity index (χ3v) is 7.50. The maximum atomic E-state index is 12.7. The molecule has 3 rings (SSSR count). The maximum absolute atomic E-state index is 12.7. The number of carbonyl (C=O) groups excluding carboxylic acids is 1. The van der Waals surface area contributed by atoms with Gasteiger partial charge in [-0.05, 0) is 70.4 Å². The molecule has 1 aliphatic carbocycles. The van der Waals surface area contributed by atoms with E-state index in [-0.39, 0.29) is 17.8 Å². The van der Waals surface area contributed by atoms with Crippen LogP contribution in [0.1, 0.15) is 66.2 Å². The van der Waals surface area contributed by atoms with Gasteiger partial charge in [-0.25, -0.2) is 5.43 Å². The Kier molecular flexibility index (Phi) is 10.6. The van der Waals surface area contributed by atoms with E-state index in [9.17, 15) is 4.79 Å². The third-order valence-electron chi connectivity index (χ3n) is 7.50. The van der Waals surface area contributed by atoms with E-state index in [1.54, 1.807) is 0 Å². The summed E-state index contributed by atoms with van der Waals surface area (Å²) in [6, 6.07) is 0.700. The molecule has 0 aromatic carbocycles. The van der Waals surface area contributed by atoms with Crippen LogP contribution in [-0.2, 0) is 9.53 Å². The average Bonchev–Trinajstić information content (AvgIpc) is 3.33. The molecule has 0 bridgehead atoms. The zero-order valence-electron chi connectivity index (χ0n) is 22.1. The van der Waals surface area contributed by atoms with Crippen LogP contribution in [0.3, 0.4) is 0 Å². The van der Waals surface area contributed by atoms with Crippen LogP contribution in [0.4, 0.5) is 0 Å². The topological polar surface area (TPSA) is 62.4 Å². The number of carbonyl (C=O) groups is 1. The van der Waals surface area contributed by atoms with Crippen LogP contribution in [0.5, 0.6) is 0 Å². The summed E-state index contributed by atoms with van der Waals surface area (Å²) in [7, 11) is 0. The van der Waals surface area contributed by atoms with Crippen molar-refractivity contribution in [3.8, 4) is 0 Å². The van der Waals surface area contributed by atoms with Crippen molar-refractivity contribution in [3.05, 3.63) is 71.5 Å². The zero-order chi connectivity index (χ0) is 25.2. The molecule has 2 heterocycles. The van der Waals surface area contributed by atoms with Crippen LogP contribution in [-0.4, -0.2) is 31.2 Å². The predicted molar refractivity (Wildman–Crippen MR) is 145 cm³/mol. The first-order chi connectivity index (χ1) is 16.9. The van der Waals surface area contributed by atoms with Gasteiger partial charge in [-0.15, -0.1) is 0 Å². The SMILES string of the molecule is C=C1/C=C\C(C2=C(C3CC=CC(C)N3)NNC2)C/C=C/C1CC(CC)C(=O)OCCC/C(C)=C/C. The molecule has 0 saturated carbocycles. The molecule has 5 nitrogen and oxygen atoms in total. The highest BCUT2D eigenvalue weighted by Gasteiger charge is 2.28. The molecule has 2 aliphatic heterocycles. The minimum absolute atomic E-state index is 0.0723. The fraction of sp³-hybridized carbons (Fsp3) is 0.567. The molecule has 5 heteroatoms. The smallest absolute Gasteiger partial charge is 0.308 e. The molecule has 0 aromatic rings. The quantitative estimate of drug-likeness (QED) is 0.214. The molecule has 3 N–H and O–H groups in total. The van der Waals surface area contributed by atoms with Crippen molar-refractivity contribution < 1.29 is 9.53 Å². The van der Waals surface area contributed by atoms with Gasteiger partial charge in [-0.2, -0.15) is 0 Å². The van der Waals surface area contributed by atoms with Gasteiger partial charge < -0.3 is 15.5 Å². The third kappa shape index (κ3) is 7.81. The normalized spacial score (nSPS) is 29.8. The molecule has 0 radical (unpaired) electrons. The molecule has 5 unspecified atom stereocenters. The fourth-order valence-electron chi connectivity index (χ4n) is 5.08. The van der Waals surface area contributed by atoms with Crippen molar-refractivity contribution >= 4 is 5.97 Å². The summed E-state index contributed by atoms with van der Waals surface area (Å²) in [4.78, 5) is 12.7. The van der Waals surface area contributed by atoms with Gasteiger partial charge in [0.05, 0.1) is 18.6 Å². The molecule has 0 fully saturated rings. The number of esters is 1. The first kappa shape index (κ1) is 27.2. The van der Waals surface area contributed by atoms with Crippen molar-refractivity contribution in [2.75, 3.05) is 13.2 Å². The highest BCUT2D eigenvalue weighted by atomic mass is 16.5. The summed E-state index contributed by atoms with van der Waals surface area (Å²) in [6.45, 7) is 14.1. The summed E-state index contributed by atoms with van der Waals surface area (Å²) in [5.74, 6) is 0.320. The van der Waals surface area contributed by atoms with Crippen LogP contribution >= 0.6 is 0 Å². The Morgan fingerprint density at radius 1 is 1.26 bits per heavy atom. The van der Waals surface area contributed by atoms with Crippen molar-refractivity contribution in [2.45, 2.75) is 78.3 Å². The first-order valence-electron chi connectivity index (χ1n) is 13.4. The van der Waals surface area contributed by atoms with E-state index in [4.69, 9.17) is 4.74 Å². The molecule has 35 heavy (non-hydrogen) atoms. The van der Waals surface area contributed by atoms with Gasteiger partial charge >= 0.3 is 5.97 Å². The maximum Gasteiger partial charge on any atom is 0.308 e. The van der Waals surface area contributed by atoms with Crippen molar-refractivity contribution in [3.63, 3.8) is 0 Å². The van der Waals surface area contributed by atoms with E-state index in [1.165, 1.54) is 16.8 Å². The zero-order valence-corrected chi connectivity index (χ0v) is 22.1. The average molecular weight is 480 g/mol. The first-order valence-corrected chi connectivity index (χ1v) is 13.4. The Hall–Kier alpha value is -2.37. The summed E-state index contributed by atoms with van der Waals surface area (Å²) >= 11 is 0. The van der Waals surface area contributed by atoms with Crippen LogP contribution in [0, 0.1) is 17.8 Å². The van der Waals surface area contributed by atoms with Gasteiger partial charge in [-0.1, -0.05) is 61.6 Å². The van der Waals surface area contributed by atoms with E-state index in [1.807, 2.05) is 6.92 Å². The van der Waals surface area contributed by atoms with Crippen molar-refractivity contribution in [2.24, 2.45) is 17.8 Å². The van der Waals surface area contributed by atoms with Crippen LogP contribution < -0.4 is 16.2 Å². The predicted octanol–water partition coefficient (Wildman–Crippen LogP) is 5.67. The Labute approximate surface area is 212 Å². The summed E-state index contributed by atoms with van der Waals surface area (Å²) in [6.07, 6.45) is 21.0. The second-order valence-corrected chi connectivity index (χ2v) is 10.1. The van der Waals surface area contributed by atoms with Gasteiger partial charge in [0.15, 0.2) is 0 Å². The largest absolute Gasteiger partial charge is 0.465 e. The highest BCUT2D eigenvalue weighted by Crippen LogP contribution is 2.31. The number of hydrogen-bond acceptors (Lipinski definition) is 5. The molecule has 0 amide bonds. The Morgan fingerprint density at radius 3 is 2.80 bits per heavy atom.